The average molecular weight is 245 g/mol. The molecule has 0 unspecified atom stereocenters. The van der Waals surface area contributed by atoms with Crippen molar-refractivity contribution in [1.29, 1.82) is 0 Å². The normalized spacial score (nSPS) is 10.9. The van der Waals surface area contributed by atoms with E-state index in [9.17, 15) is 8.78 Å². The Balaban J connectivity index is 2.59. The van der Waals surface area contributed by atoms with Crippen LogP contribution < -0.4 is 10.5 Å². The third-order valence-electron chi connectivity index (χ3n) is 2.07. The van der Waals surface area contributed by atoms with E-state index in [0.717, 1.165) is 0 Å². The van der Waals surface area contributed by atoms with E-state index in [2.05, 4.69) is 0 Å². The van der Waals surface area contributed by atoms with Crippen molar-refractivity contribution >= 4 is 0 Å². The standard InChI is InChI=1S/C12H17F2NO2/c1-8(2)16-3-4-17-12-10(13)5-9(7-15)6-11(12)14/h5-6,8H,3-4,7,15H2,1-2H3. The van der Waals surface area contributed by atoms with Crippen LogP contribution in [0.3, 0.4) is 0 Å². The Morgan fingerprint density at radius 2 is 1.76 bits per heavy atom. The van der Waals surface area contributed by atoms with Gasteiger partial charge in [0.2, 0.25) is 0 Å². The molecule has 0 aromatic heterocycles. The van der Waals surface area contributed by atoms with Crippen LogP contribution >= 0.6 is 0 Å². The first-order valence-electron chi connectivity index (χ1n) is 5.47. The molecule has 3 nitrogen and oxygen atoms in total. The number of nitrogens with two attached hydrogens (primary N) is 1. The molecule has 1 rings (SSSR count). The lowest BCUT2D eigenvalue weighted by molar-refractivity contribution is 0.0535. The van der Waals surface area contributed by atoms with Crippen LogP contribution in [-0.4, -0.2) is 19.3 Å². The number of halogens is 2. The molecule has 0 bridgehead atoms. The van der Waals surface area contributed by atoms with Crippen molar-refractivity contribution in [2.45, 2.75) is 26.5 Å². The minimum absolute atomic E-state index is 0.0629. The SMILES string of the molecule is CC(C)OCCOc1c(F)cc(CN)cc1F. The molecule has 0 atom stereocenters. The number of ether oxygens (including phenoxy) is 2. The molecule has 1 aromatic carbocycles. The zero-order valence-corrected chi connectivity index (χ0v) is 10.0. The van der Waals surface area contributed by atoms with Crippen molar-refractivity contribution in [1.82, 2.24) is 0 Å². The first kappa shape index (κ1) is 13.9. The third-order valence-corrected chi connectivity index (χ3v) is 2.07. The van der Waals surface area contributed by atoms with Crippen molar-refractivity contribution in [3.8, 4) is 5.75 Å². The molecule has 17 heavy (non-hydrogen) atoms. The second-order valence-corrected chi connectivity index (χ2v) is 3.86. The fourth-order valence-electron chi connectivity index (χ4n) is 1.30. The van der Waals surface area contributed by atoms with E-state index < -0.39 is 11.6 Å². The largest absolute Gasteiger partial charge is 0.485 e. The highest BCUT2D eigenvalue weighted by Gasteiger charge is 2.12. The van der Waals surface area contributed by atoms with Gasteiger partial charge in [-0.3, -0.25) is 0 Å². The summed E-state index contributed by atoms with van der Waals surface area (Å²) >= 11 is 0. The Kier molecular flexibility index (Phi) is 5.31. The molecule has 0 amide bonds. The Bertz CT molecular complexity index is 347. The predicted molar refractivity (Wildman–Crippen MR) is 60.8 cm³/mol. The Hall–Kier alpha value is -1.20. The Morgan fingerprint density at radius 3 is 2.24 bits per heavy atom. The summed E-state index contributed by atoms with van der Waals surface area (Å²) in [6.07, 6.45) is 0.0629. The van der Waals surface area contributed by atoms with Crippen LogP contribution in [0.2, 0.25) is 0 Å². The van der Waals surface area contributed by atoms with E-state index in [1.54, 1.807) is 0 Å². The molecule has 96 valence electrons. The summed E-state index contributed by atoms with van der Waals surface area (Å²) in [5.41, 5.74) is 5.69. The lowest BCUT2D eigenvalue weighted by Gasteiger charge is -2.11. The average Bonchev–Trinajstić information content (AvgIpc) is 2.26. The number of hydrogen-bond donors (Lipinski definition) is 1. The van der Waals surface area contributed by atoms with Crippen molar-refractivity contribution < 1.29 is 18.3 Å². The smallest absolute Gasteiger partial charge is 0.190 e. The second-order valence-electron chi connectivity index (χ2n) is 3.86. The maximum atomic E-state index is 13.4. The van der Waals surface area contributed by atoms with Crippen LogP contribution in [0, 0.1) is 11.6 Å². The number of benzene rings is 1. The minimum Gasteiger partial charge on any atom is -0.485 e. The summed E-state index contributed by atoms with van der Waals surface area (Å²) in [6.45, 7) is 4.22. The fraction of sp³-hybridized carbons (Fsp3) is 0.500. The van der Waals surface area contributed by atoms with Gasteiger partial charge in [0.15, 0.2) is 17.4 Å². The van der Waals surface area contributed by atoms with Gasteiger partial charge in [0.1, 0.15) is 6.61 Å². The van der Waals surface area contributed by atoms with E-state index in [4.69, 9.17) is 15.2 Å². The van der Waals surface area contributed by atoms with Crippen LogP contribution in [0.25, 0.3) is 0 Å². The highest BCUT2D eigenvalue weighted by atomic mass is 19.1. The highest BCUT2D eigenvalue weighted by Crippen LogP contribution is 2.23. The number of rotatable bonds is 6. The van der Waals surface area contributed by atoms with Crippen LogP contribution in [0.4, 0.5) is 8.78 Å². The number of hydrogen-bond acceptors (Lipinski definition) is 3. The summed E-state index contributed by atoms with van der Waals surface area (Å²) in [6, 6.07) is 2.34. The maximum Gasteiger partial charge on any atom is 0.190 e. The van der Waals surface area contributed by atoms with Crippen molar-refractivity contribution in [2.24, 2.45) is 5.73 Å². The Morgan fingerprint density at radius 1 is 1.18 bits per heavy atom. The van der Waals surface area contributed by atoms with Crippen LogP contribution in [0.1, 0.15) is 19.4 Å². The molecule has 2 N–H and O–H groups in total. The molecule has 0 fully saturated rings. The van der Waals surface area contributed by atoms with E-state index in [1.807, 2.05) is 13.8 Å². The summed E-state index contributed by atoms with van der Waals surface area (Å²) in [4.78, 5) is 0. The van der Waals surface area contributed by atoms with Gasteiger partial charge < -0.3 is 15.2 Å². The topological polar surface area (TPSA) is 44.5 Å². The molecule has 0 aliphatic rings. The van der Waals surface area contributed by atoms with Crippen molar-refractivity contribution in [3.05, 3.63) is 29.3 Å². The quantitative estimate of drug-likeness (QED) is 0.782. The van der Waals surface area contributed by atoms with E-state index >= 15 is 0 Å². The summed E-state index contributed by atoms with van der Waals surface area (Å²) < 4.78 is 37.0. The van der Waals surface area contributed by atoms with Gasteiger partial charge in [0.05, 0.1) is 12.7 Å². The lowest BCUT2D eigenvalue weighted by Crippen LogP contribution is -2.12. The molecule has 5 heteroatoms. The fourth-order valence-corrected chi connectivity index (χ4v) is 1.30. The van der Waals surface area contributed by atoms with E-state index in [1.165, 1.54) is 12.1 Å². The Labute approximate surface area is 99.5 Å². The first-order valence-corrected chi connectivity index (χ1v) is 5.47. The molecule has 0 saturated heterocycles. The van der Waals surface area contributed by atoms with Crippen LogP contribution in [0.15, 0.2) is 12.1 Å². The van der Waals surface area contributed by atoms with Gasteiger partial charge in [-0.2, -0.15) is 0 Å². The van der Waals surface area contributed by atoms with Crippen molar-refractivity contribution in [2.75, 3.05) is 13.2 Å². The molecule has 0 saturated carbocycles. The van der Waals surface area contributed by atoms with E-state index in [-0.39, 0.29) is 31.6 Å². The van der Waals surface area contributed by atoms with Crippen molar-refractivity contribution in [3.63, 3.8) is 0 Å². The zero-order chi connectivity index (χ0) is 12.8. The monoisotopic (exact) mass is 245 g/mol. The molecule has 0 aliphatic carbocycles. The molecule has 0 radical (unpaired) electrons. The van der Waals surface area contributed by atoms with Gasteiger partial charge in [-0.05, 0) is 31.5 Å². The first-order chi connectivity index (χ1) is 8.04. The van der Waals surface area contributed by atoms with Crippen LogP contribution in [-0.2, 0) is 11.3 Å². The minimum atomic E-state index is -0.741. The van der Waals surface area contributed by atoms with Gasteiger partial charge in [0, 0.05) is 6.54 Å². The zero-order valence-electron chi connectivity index (χ0n) is 10.0. The van der Waals surface area contributed by atoms with Gasteiger partial charge in [0.25, 0.3) is 0 Å². The summed E-state index contributed by atoms with van der Waals surface area (Å²) in [5.74, 6) is -1.86. The summed E-state index contributed by atoms with van der Waals surface area (Å²) in [5, 5.41) is 0. The van der Waals surface area contributed by atoms with Gasteiger partial charge in [-0.15, -0.1) is 0 Å². The van der Waals surface area contributed by atoms with Gasteiger partial charge in [-0.1, -0.05) is 0 Å². The molecule has 1 aromatic rings. The molecular weight excluding hydrogens is 228 g/mol. The molecule has 0 aliphatic heterocycles. The molecule has 0 heterocycles. The third kappa shape index (κ3) is 4.28. The van der Waals surface area contributed by atoms with E-state index in [0.29, 0.717) is 5.56 Å². The second kappa shape index (κ2) is 6.51. The lowest BCUT2D eigenvalue weighted by atomic mass is 10.2. The highest BCUT2D eigenvalue weighted by molar-refractivity contribution is 5.31. The maximum absolute atomic E-state index is 13.4. The molecular formula is C12H17F2NO2. The predicted octanol–water partition coefficient (Wildman–Crippen LogP) is 2.23. The van der Waals surface area contributed by atoms with Gasteiger partial charge in [-0.25, -0.2) is 8.78 Å². The summed E-state index contributed by atoms with van der Waals surface area (Å²) in [7, 11) is 0. The van der Waals surface area contributed by atoms with Gasteiger partial charge >= 0.3 is 0 Å². The molecule has 0 spiro atoms. The van der Waals surface area contributed by atoms with Crippen LogP contribution in [0.5, 0.6) is 5.75 Å².